The third-order valence-corrected chi connectivity index (χ3v) is 10.2. The summed E-state index contributed by atoms with van der Waals surface area (Å²) < 4.78 is 4.85. The number of anilines is 1. The zero-order chi connectivity index (χ0) is 31.4. The lowest BCUT2D eigenvalue weighted by Gasteiger charge is -2.32. The predicted molar refractivity (Wildman–Crippen MR) is 201 cm³/mol. The number of benzene rings is 8. The SMILES string of the molecule is CC(C)(C)c1ccc2ccc3c(N(n4c5ccccc5c5ccccc54)n4c5ccccc5c5ccccc54)ccc4ccc1c2c43. The van der Waals surface area contributed by atoms with Crippen LogP contribution in [0.2, 0.25) is 0 Å². The van der Waals surface area contributed by atoms with Crippen LogP contribution in [0.3, 0.4) is 0 Å². The number of nitrogens with zero attached hydrogens (tertiary/aromatic N) is 3. The van der Waals surface area contributed by atoms with E-state index in [2.05, 4.69) is 181 Å². The first-order chi connectivity index (χ1) is 23.0. The Labute approximate surface area is 272 Å². The van der Waals surface area contributed by atoms with Crippen LogP contribution in [0.5, 0.6) is 0 Å². The molecule has 0 radical (unpaired) electrons. The van der Waals surface area contributed by atoms with Gasteiger partial charge in [-0.3, -0.25) is 0 Å². The lowest BCUT2D eigenvalue weighted by atomic mass is 9.81. The summed E-state index contributed by atoms with van der Waals surface area (Å²) in [5.41, 5.74) is 7.20. The fraction of sp³-hybridized carbons (Fsp3) is 0.0909. The topological polar surface area (TPSA) is 13.1 Å². The molecule has 0 aliphatic rings. The number of hydrogen-bond acceptors (Lipinski definition) is 1. The monoisotopic (exact) mass is 603 g/mol. The summed E-state index contributed by atoms with van der Waals surface area (Å²) >= 11 is 0. The van der Waals surface area contributed by atoms with Crippen LogP contribution < -0.4 is 5.12 Å². The molecule has 0 spiro atoms. The van der Waals surface area contributed by atoms with E-state index in [9.17, 15) is 0 Å². The summed E-state index contributed by atoms with van der Waals surface area (Å²) in [5.74, 6) is 0. The van der Waals surface area contributed by atoms with Crippen LogP contribution in [0.25, 0.3) is 75.9 Å². The van der Waals surface area contributed by atoms with Crippen molar-refractivity contribution in [3.8, 4) is 0 Å². The van der Waals surface area contributed by atoms with Crippen molar-refractivity contribution in [2.24, 2.45) is 0 Å². The summed E-state index contributed by atoms with van der Waals surface area (Å²) in [7, 11) is 0. The number of hydrogen-bond donors (Lipinski definition) is 0. The quantitative estimate of drug-likeness (QED) is 0.183. The van der Waals surface area contributed by atoms with Crippen LogP contribution in [0.15, 0.2) is 146 Å². The van der Waals surface area contributed by atoms with Gasteiger partial charge in [-0.2, -0.15) is 5.12 Å². The Morgan fingerprint density at radius 2 is 0.766 bits per heavy atom. The van der Waals surface area contributed by atoms with Crippen molar-refractivity contribution in [1.29, 1.82) is 0 Å². The molecule has 2 heterocycles. The lowest BCUT2D eigenvalue weighted by Crippen LogP contribution is -2.34. The van der Waals surface area contributed by atoms with Crippen LogP contribution in [0, 0.1) is 0 Å². The van der Waals surface area contributed by atoms with Crippen molar-refractivity contribution in [2.75, 3.05) is 5.12 Å². The molecule has 224 valence electrons. The number of para-hydroxylation sites is 4. The smallest absolute Gasteiger partial charge is 0.0903 e. The average Bonchev–Trinajstić information content (AvgIpc) is 3.61. The predicted octanol–water partition coefficient (Wildman–Crippen LogP) is 11.8. The molecule has 0 bridgehead atoms. The van der Waals surface area contributed by atoms with Gasteiger partial charge in [-0.15, -0.1) is 0 Å². The summed E-state index contributed by atoms with van der Waals surface area (Å²) in [5, 5.41) is 15.2. The molecule has 0 aliphatic heterocycles. The van der Waals surface area contributed by atoms with E-state index >= 15 is 0 Å². The maximum Gasteiger partial charge on any atom is 0.0903 e. The fourth-order valence-electron chi connectivity index (χ4n) is 8.13. The van der Waals surface area contributed by atoms with Crippen molar-refractivity contribution in [1.82, 2.24) is 9.35 Å². The van der Waals surface area contributed by atoms with E-state index in [1.54, 1.807) is 0 Å². The fourth-order valence-corrected chi connectivity index (χ4v) is 8.13. The molecule has 0 atom stereocenters. The van der Waals surface area contributed by atoms with Gasteiger partial charge in [0.15, 0.2) is 0 Å². The number of rotatable bonds is 3. The standard InChI is InChI=1S/C44H33N3/c1-44(2,3)36-26-22-28-21-25-35-41(27-23-29-20-24-34(36)42(28)43(29)35)47(45-37-16-8-4-12-30(37)31-13-5-9-17-38(31)45)46-39-18-10-6-14-32(39)33-15-7-11-19-40(33)46/h4-27H,1-3H3. The summed E-state index contributed by atoms with van der Waals surface area (Å²) in [6.45, 7) is 6.95. The molecule has 0 fully saturated rings. The Hall–Kier alpha value is -5.80. The Bertz CT molecular complexity index is 2620. The minimum atomic E-state index is 0.0309. The highest BCUT2D eigenvalue weighted by Gasteiger charge is 2.26. The lowest BCUT2D eigenvalue weighted by molar-refractivity contribution is 0.596. The Balaban J connectivity index is 1.42. The molecule has 47 heavy (non-hydrogen) atoms. The van der Waals surface area contributed by atoms with E-state index in [1.807, 2.05) is 0 Å². The van der Waals surface area contributed by atoms with Crippen LogP contribution in [0.4, 0.5) is 5.69 Å². The highest BCUT2D eigenvalue weighted by Crippen LogP contribution is 2.44. The molecule has 2 aromatic heterocycles. The van der Waals surface area contributed by atoms with Crippen LogP contribution in [-0.2, 0) is 5.41 Å². The van der Waals surface area contributed by atoms with Crippen molar-refractivity contribution in [3.63, 3.8) is 0 Å². The van der Waals surface area contributed by atoms with E-state index in [1.165, 1.54) is 59.4 Å². The van der Waals surface area contributed by atoms with Crippen LogP contribution >= 0.6 is 0 Å². The van der Waals surface area contributed by atoms with Gasteiger partial charge in [-0.05, 0) is 68.2 Å². The van der Waals surface area contributed by atoms with E-state index < -0.39 is 0 Å². The third kappa shape index (κ3) is 3.57. The molecule has 10 aromatic rings. The van der Waals surface area contributed by atoms with Gasteiger partial charge in [0.2, 0.25) is 0 Å². The highest BCUT2D eigenvalue weighted by molar-refractivity contribution is 6.26. The van der Waals surface area contributed by atoms with E-state index in [-0.39, 0.29) is 5.41 Å². The van der Waals surface area contributed by atoms with Crippen LogP contribution in [0.1, 0.15) is 26.3 Å². The molecule has 0 saturated carbocycles. The molecule has 0 saturated heterocycles. The molecule has 8 aromatic carbocycles. The highest BCUT2D eigenvalue weighted by atomic mass is 15.8. The summed E-state index contributed by atoms with van der Waals surface area (Å²) in [6.07, 6.45) is 0. The molecule has 0 aliphatic carbocycles. The van der Waals surface area contributed by atoms with Crippen molar-refractivity contribution < 1.29 is 0 Å². The second-order valence-electron chi connectivity index (χ2n) is 13.9. The Kier molecular flexibility index (Phi) is 5.27. The van der Waals surface area contributed by atoms with E-state index in [4.69, 9.17) is 0 Å². The zero-order valence-electron chi connectivity index (χ0n) is 26.7. The number of fused-ring (bicyclic) bond motifs is 6. The van der Waals surface area contributed by atoms with Gasteiger partial charge in [-0.25, -0.2) is 9.35 Å². The van der Waals surface area contributed by atoms with Gasteiger partial charge in [0, 0.05) is 26.9 Å². The normalized spacial score (nSPS) is 12.6. The second kappa shape index (κ2) is 9.37. The van der Waals surface area contributed by atoms with Gasteiger partial charge in [-0.1, -0.05) is 136 Å². The van der Waals surface area contributed by atoms with Gasteiger partial charge >= 0.3 is 0 Å². The first-order valence-corrected chi connectivity index (χ1v) is 16.5. The maximum atomic E-state index is 2.44. The van der Waals surface area contributed by atoms with Gasteiger partial charge in [0.1, 0.15) is 0 Å². The summed E-state index contributed by atoms with van der Waals surface area (Å²) in [6, 6.07) is 53.8. The molecule has 10 rings (SSSR count). The zero-order valence-corrected chi connectivity index (χ0v) is 26.7. The summed E-state index contributed by atoms with van der Waals surface area (Å²) in [4.78, 5) is 0. The average molecular weight is 604 g/mol. The molecule has 3 nitrogen and oxygen atoms in total. The largest absolute Gasteiger partial charge is 0.233 e. The van der Waals surface area contributed by atoms with Crippen molar-refractivity contribution in [3.05, 3.63) is 151 Å². The molecular formula is C44H33N3. The van der Waals surface area contributed by atoms with Crippen LogP contribution in [-0.4, -0.2) is 9.35 Å². The minimum Gasteiger partial charge on any atom is -0.233 e. The molecule has 0 unspecified atom stereocenters. The van der Waals surface area contributed by atoms with Crippen molar-refractivity contribution >= 4 is 81.6 Å². The Morgan fingerprint density at radius 3 is 1.23 bits per heavy atom. The first kappa shape index (κ1) is 26.4. The third-order valence-electron chi connectivity index (χ3n) is 10.2. The van der Waals surface area contributed by atoms with Gasteiger partial charge in [0.05, 0.1) is 27.8 Å². The Morgan fingerprint density at radius 1 is 0.383 bits per heavy atom. The minimum absolute atomic E-state index is 0.0309. The molecule has 0 N–H and O–H groups in total. The van der Waals surface area contributed by atoms with E-state index in [0.29, 0.717) is 0 Å². The first-order valence-electron chi connectivity index (χ1n) is 16.5. The van der Waals surface area contributed by atoms with Gasteiger partial charge < -0.3 is 0 Å². The van der Waals surface area contributed by atoms with E-state index in [0.717, 1.165) is 27.8 Å². The molecule has 0 amide bonds. The second-order valence-corrected chi connectivity index (χ2v) is 13.9. The number of aromatic nitrogens is 2. The van der Waals surface area contributed by atoms with Gasteiger partial charge in [0.25, 0.3) is 0 Å². The maximum absolute atomic E-state index is 2.44. The molecule has 3 heteroatoms. The molecular weight excluding hydrogens is 571 g/mol. The van der Waals surface area contributed by atoms with Crippen molar-refractivity contribution in [2.45, 2.75) is 26.2 Å².